The van der Waals surface area contributed by atoms with E-state index in [2.05, 4.69) is 5.32 Å². The lowest BCUT2D eigenvalue weighted by molar-refractivity contribution is -0.117. The highest BCUT2D eigenvalue weighted by molar-refractivity contribution is 7.89. The topological polar surface area (TPSA) is 86.8 Å². The molecule has 4 rings (SSSR count). The number of carbonyl (C=O) groups excluding carboxylic acids is 2. The summed E-state index contributed by atoms with van der Waals surface area (Å²) in [5.41, 5.74) is 1.66. The Bertz CT molecular complexity index is 1100. The van der Waals surface area contributed by atoms with Gasteiger partial charge in [-0.3, -0.25) is 9.59 Å². The Kier molecular flexibility index (Phi) is 6.35. The summed E-state index contributed by atoms with van der Waals surface area (Å²) in [5, 5.41) is 2.81. The molecule has 2 aliphatic rings. The van der Waals surface area contributed by atoms with Gasteiger partial charge in [0, 0.05) is 42.0 Å². The molecule has 32 heavy (non-hydrogen) atoms. The molecular weight excluding hydrogens is 426 g/mol. The van der Waals surface area contributed by atoms with Crippen LogP contribution in [0.3, 0.4) is 0 Å². The lowest BCUT2D eigenvalue weighted by Crippen LogP contribution is -2.47. The summed E-state index contributed by atoms with van der Waals surface area (Å²) >= 11 is 0. The van der Waals surface area contributed by atoms with Gasteiger partial charge in [0.2, 0.25) is 15.9 Å². The van der Waals surface area contributed by atoms with Gasteiger partial charge in [0.25, 0.3) is 5.91 Å². The lowest BCUT2D eigenvalue weighted by atomic mass is 10.0. The van der Waals surface area contributed by atoms with Crippen LogP contribution in [-0.4, -0.2) is 43.2 Å². The van der Waals surface area contributed by atoms with Crippen LogP contribution in [0.4, 0.5) is 11.4 Å². The van der Waals surface area contributed by atoms with E-state index in [-0.39, 0.29) is 28.8 Å². The third-order valence-electron chi connectivity index (χ3n) is 6.29. The SMILES string of the molecule is CC1CCCC(C)N1S(=O)(=O)c1ccc(NC(=O)c2cccc(N3CCCC3=O)c2)cc1. The van der Waals surface area contributed by atoms with Crippen LogP contribution in [0, 0.1) is 0 Å². The molecule has 2 amide bonds. The second-order valence-corrected chi connectivity index (χ2v) is 10.5. The van der Waals surface area contributed by atoms with Crippen molar-refractivity contribution in [1.29, 1.82) is 0 Å². The third-order valence-corrected chi connectivity index (χ3v) is 8.44. The predicted octanol–water partition coefficient (Wildman–Crippen LogP) is 4.02. The minimum absolute atomic E-state index is 0.0297. The molecule has 2 aromatic rings. The fourth-order valence-electron chi connectivity index (χ4n) is 4.64. The van der Waals surface area contributed by atoms with Gasteiger partial charge in [-0.1, -0.05) is 12.5 Å². The van der Waals surface area contributed by atoms with Gasteiger partial charge in [0.15, 0.2) is 0 Å². The van der Waals surface area contributed by atoms with E-state index < -0.39 is 10.0 Å². The highest BCUT2D eigenvalue weighted by atomic mass is 32.2. The maximum absolute atomic E-state index is 13.2. The normalized spacial score (nSPS) is 22.2. The molecule has 2 unspecified atom stereocenters. The van der Waals surface area contributed by atoms with E-state index in [1.807, 2.05) is 19.9 Å². The molecule has 0 saturated carbocycles. The number of carbonyl (C=O) groups is 2. The van der Waals surface area contributed by atoms with E-state index in [9.17, 15) is 18.0 Å². The Morgan fingerprint density at radius 3 is 2.31 bits per heavy atom. The minimum Gasteiger partial charge on any atom is -0.322 e. The van der Waals surface area contributed by atoms with Gasteiger partial charge in [-0.25, -0.2) is 8.42 Å². The second-order valence-electron chi connectivity index (χ2n) is 8.64. The summed E-state index contributed by atoms with van der Waals surface area (Å²) in [6.45, 7) is 4.56. The summed E-state index contributed by atoms with van der Waals surface area (Å²) in [6.07, 6.45) is 4.10. The van der Waals surface area contributed by atoms with Crippen molar-refractivity contribution in [1.82, 2.24) is 4.31 Å². The van der Waals surface area contributed by atoms with Crippen molar-refractivity contribution in [2.75, 3.05) is 16.8 Å². The van der Waals surface area contributed by atoms with Crippen LogP contribution < -0.4 is 10.2 Å². The molecule has 0 radical (unpaired) electrons. The Morgan fingerprint density at radius 2 is 1.69 bits per heavy atom. The molecule has 0 bridgehead atoms. The highest BCUT2D eigenvalue weighted by Gasteiger charge is 2.35. The van der Waals surface area contributed by atoms with Gasteiger partial charge < -0.3 is 10.2 Å². The van der Waals surface area contributed by atoms with Crippen molar-refractivity contribution < 1.29 is 18.0 Å². The van der Waals surface area contributed by atoms with Crippen molar-refractivity contribution >= 4 is 33.2 Å². The Hall–Kier alpha value is -2.71. The molecule has 170 valence electrons. The number of anilines is 2. The van der Waals surface area contributed by atoms with Gasteiger partial charge in [-0.05, 0) is 75.6 Å². The zero-order valence-electron chi connectivity index (χ0n) is 18.5. The molecule has 8 heteroatoms. The first-order valence-electron chi connectivity index (χ1n) is 11.1. The average Bonchev–Trinajstić information content (AvgIpc) is 3.20. The van der Waals surface area contributed by atoms with Crippen LogP contribution in [0.2, 0.25) is 0 Å². The number of nitrogens with one attached hydrogen (secondary N) is 1. The fraction of sp³-hybridized carbons (Fsp3) is 0.417. The first-order chi connectivity index (χ1) is 15.3. The first kappa shape index (κ1) is 22.5. The molecule has 0 spiro atoms. The number of hydrogen-bond acceptors (Lipinski definition) is 4. The van der Waals surface area contributed by atoms with Crippen molar-refractivity contribution in [3.8, 4) is 0 Å². The Labute approximate surface area is 189 Å². The van der Waals surface area contributed by atoms with Crippen molar-refractivity contribution in [3.63, 3.8) is 0 Å². The zero-order chi connectivity index (χ0) is 22.9. The van der Waals surface area contributed by atoms with E-state index >= 15 is 0 Å². The summed E-state index contributed by atoms with van der Waals surface area (Å²) in [6, 6.07) is 13.2. The molecular formula is C24H29N3O4S. The molecule has 0 aliphatic carbocycles. The summed E-state index contributed by atoms with van der Waals surface area (Å²) < 4.78 is 27.9. The maximum atomic E-state index is 13.2. The zero-order valence-corrected chi connectivity index (χ0v) is 19.3. The molecule has 2 atom stereocenters. The molecule has 2 aliphatic heterocycles. The van der Waals surface area contributed by atoms with Crippen LogP contribution in [0.25, 0.3) is 0 Å². The third kappa shape index (κ3) is 4.42. The van der Waals surface area contributed by atoms with E-state index in [1.165, 1.54) is 12.1 Å². The largest absolute Gasteiger partial charge is 0.322 e. The summed E-state index contributed by atoms with van der Waals surface area (Å²) in [5.74, 6) is -0.246. The van der Waals surface area contributed by atoms with E-state index in [4.69, 9.17) is 0 Å². The molecule has 1 N–H and O–H groups in total. The van der Waals surface area contributed by atoms with Crippen molar-refractivity contribution in [3.05, 3.63) is 54.1 Å². The average molecular weight is 456 g/mol. The quantitative estimate of drug-likeness (QED) is 0.738. The lowest BCUT2D eigenvalue weighted by Gasteiger charge is -2.37. The van der Waals surface area contributed by atoms with Crippen molar-refractivity contribution in [2.24, 2.45) is 0 Å². The number of nitrogens with zero attached hydrogens (tertiary/aromatic N) is 2. The number of amides is 2. The summed E-state index contributed by atoms with van der Waals surface area (Å²) in [7, 11) is -3.59. The maximum Gasteiger partial charge on any atom is 0.255 e. The predicted molar refractivity (Wildman–Crippen MR) is 124 cm³/mol. The van der Waals surface area contributed by atoms with Crippen molar-refractivity contribution in [2.45, 2.75) is 62.9 Å². The number of rotatable bonds is 5. The van der Waals surface area contributed by atoms with Crippen LogP contribution in [-0.2, 0) is 14.8 Å². The highest BCUT2D eigenvalue weighted by Crippen LogP contribution is 2.30. The Morgan fingerprint density at radius 1 is 1.00 bits per heavy atom. The van der Waals surface area contributed by atoms with Crippen LogP contribution in [0.5, 0.6) is 0 Å². The van der Waals surface area contributed by atoms with Crippen LogP contribution in [0.15, 0.2) is 53.4 Å². The van der Waals surface area contributed by atoms with Gasteiger partial charge in [-0.2, -0.15) is 4.31 Å². The number of sulfonamides is 1. The van der Waals surface area contributed by atoms with Gasteiger partial charge in [0.05, 0.1) is 4.90 Å². The monoisotopic (exact) mass is 455 g/mol. The van der Waals surface area contributed by atoms with E-state index in [1.54, 1.807) is 39.5 Å². The second kappa shape index (κ2) is 9.03. The smallest absolute Gasteiger partial charge is 0.255 e. The minimum atomic E-state index is -3.59. The summed E-state index contributed by atoms with van der Waals surface area (Å²) in [4.78, 5) is 26.6. The number of piperidine rings is 1. The van der Waals surface area contributed by atoms with Gasteiger partial charge in [0.1, 0.15) is 0 Å². The first-order valence-corrected chi connectivity index (χ1v) is 12.6. The molecule has 2 saturated heterocycles. The number of hydrogen-bond donors (Lipinski definition) is 1. The van der Waals surface area contributed by atoms with Gasteiger partial charge in [-0.15, -0.1) is 0 Å². The van der Waals surface area contributed by atoms with Gasteiger partial charge >= 0.3 is 0 Å². The van der Waals surface area contributed by atoms with Crippen LogP contribution in [0.1, 0.15) is 56.3 Å². The van der Waals surface area contributed by atoms with Crippen LogP contribution >= 0.6 is 0 Å². The molecule has 2 aromatic carbocycles. The van der Waals surface area contributed by atoms with E-state index in [0.29, 0.717) is 29.9 Å². The standard InChI is InChI=1S/C24H29N3O4S/c1-17-6-3-7-18(2)27(17)32(30,31)22-13-11-20(12-14-22)25-24(29)19-8-4-9-21(16-19)26-15-5-10-23(26)28/h4,8-9,11-14,16-18H,3,5-7,10,15H2,1-2H3,(H,25,29). The molecule has 0 aromatic heterocycles. The molecule has 7 nitrogen and oxygen atoms in total. The number of benzene rings is 2. The molecule has 2 fully saturated rings. The Balaban J connectivity index is 1.48. The molecule has 2 heterocycles. The fourth-order valence-corrected chi connectivity index (χ4v) is 6.52. The van der Waals surface area contributed by atoms with E-state index in [0.717, 1.165) is 25.7 Å².